The van der Waals surface area contributed by atoms with Gasteiger partial charge in [-0.25, -0.2) is 0 Å². The maximum absolute atomic E-state index is 12.2. The molecule has 0 N–H and O–H groups in total. The van der Waals surface area contributed by atoms with E-state index in [-0.39, 0.29) is 55.6 Å². The molecule has 0 atom stereocenters. The SMILES string of the molecule is C=C(C)N(C)CC(=O)N(C)CC(=O)N(C)CC(=O)N(C)CC(=O)C(C)C. The summed E-state index contributed by atoms with van der Waals surface area (Å²) in [6.07, 6.45) is 0. The van der Waals surface area contributed by atoms with Crippen LogP contribution in [0.3, 0.4) is 0 Å². The van der Waals surface area contributed by atoms with Gasteiger partial charge in [-0.3, -0.25) is 19.2 Å². The van der Waals surface area contributed by atoms with Gasteiger partial charge < -0.3 is 19.6 Å². The minimum atomic E-state index is -0.351. The predicted octanol–water partition coefficient (Wildman–Crippen LogP) is 0.0521. The first kappa shape index (κ1) is 23.6. The minimum absolute atomic E-state index is 0.0180. The number of ketones is 1. The molecule has 0 aromatic carbocycles. The predicted molar refractivity (Wildman–Crippen MR) is 100 cm³/mol. The van der Waals surface area contributed by atoms with Gasteiger partial charge in [0.1, 0.15) is 0 Å². The summed E-state index contributed by atoms with van der Waals surface area (Å²) >= 11 is 0. The van der Waals surface area contributed by atoms with Crippen molar-refractivity contribution in [2.75, 3.05) is 54.4 Å². The van der Waals surface area contributed by atoms with E-state index in [4.69, 9.17) is 0 Å². The van der Waals surface area contributed by atoms with Crippen molar-refractivity contribution in [3.63, 3.8) is 0 Å². The summed E-state index contributed by atoms with van der Waals surface area (Å²) in [7, 11) is 6.31. The van der Waals surface area contributed by atoms with Gasteiger partial charge in [-0.1, -0.05) is 20.4 Å². The molecule has 8 nitrogen and oxygen atoms in total. The molecule has 0 saturated carbocycles. The van der Waals surface area contributed by atoms with E-state index in [1.54, 1.807) is 32.7 Å². The monoisotopic (exact) mass is 368 g/mol. The number of rotatable bonds is 10. The van der Waals surface area contributed by atoms with Crippen LogP contribution in [-0.4, -0.2) is 97.5 Å². The van der Waals surface area contributed by atoms with E-state index >= 15 is 0 Å². The first-order chi connectivity index (χ1) is 11.9. The topological polar surface area (TPSA) is 81.2 Å². The molecule has 0 bridgehead atoms. The summed E-state index contributed by atoms with van der Waals surface area (Å²) in [6.45, 7) is 8.96. The fourth-order valence-electron chi connectivity index (χ4n) is 1.79. The molecular weight excluding hydrogens is 336 g/mol. The van der Waals surface area contributed by atoms with Crippen LogP contribution in [-0.2, 0) is 19.2 Å². The number of hydrogen-bond donors (Lipinski definition) is 0. The molecule has 0 rings (SSSR count). The molecule has 0 aromatic heterocycles. The van der Waals surface area contributed by atoms with Gasteiger partial charge in [0.25, 0.3) is 0 Å². The van der Waals surface area contributed by atoms with Crippen molar-refractivity contribution in [2.45, 2.75) is 20.8 Å². The molecule has 0 aliphatic heterocycles. The Morgan fingerprint density at radius 2 is 1.00 bits per heavy atom. The second-order valence-corrected chi connectivity index (χ2v) is 6.96. The number of Topliss-reactive ketones (excluding diaryl/α,β-unsaturated/α-hetero) is 1. The molecule has 26 heavy (non-hydrogen) atoms. The highest BCUT2D eigenvalue weighted by molar-refractivity contribution is 5.90. The molecule has 0 aromatic rings. The molecule has 0 aliphatic rings. The van der Waals surface area contributed by atoms with Gasteiger partial charge in [0.05, 0.1) is 26.2 Å². The highest BCUT2D eigenvalue weighted by atomic mass is 16.2. The summed E-state index contributed by atoms with van der Waals surface area (Å²) in [5.41, 5.74) is 0.750. The third-order valence-electron chi connectivity index (χ3n) is 4.08. The smallest absolute Gasteiger partial charge is 0.242 e. The van der Waals surface area contributed by atoms with E-state index in [9.17, 15) is 19.2 Å². The van der Waals surface area contributed by atoms with E-state index < -0.39 is 0 Å². The van der Waals surface area contributed by atoms with Crippen LogP contribution in [0.1, 0.15) is 20.8 Å². The van der Waals surface area contributed by atoms with Crippen molar-refractivity contribution in [3.8, 4) is 0 Å². The van der Waals surface area contributed by atoms with Gasteiger partial charge in [0.15, 0.2) is 5.78 Å². The van der Waals surface area contributed by atoms with E-state index in [2.05, 4.69) is 6.58 Å². The van der Waals surface area contributed by atoms with Crippen LogP contribution in [0.4, 0.5) is 0 Å². The van der Waals surface area contributed by atoms with Crippen LogP contribution in [0.25, 0.3) is 0 Å². The van der Waals surface area contributed by atoms with Crippen molar-refractivity contribution in [3.05, 3.63) is 12.3 Å². The van der Waals surface area contributed by atoms with Gasteiger partial charge in [-0.15, -0.1) is 0 Å². The van der Waals surface area contributed by atoms with Gasteiger partial charge in [0.2, 0.25) is 17.7 Å². The summed E-state index contributed by atoms with van der Waals surface area (Å²) in [5.74, 6) is -1.09. The first-order valence-corrected chi connectivity index (χ1v) is 8.48. The van der Waals surface area contributed by atoms with Crippen LogP contribution < -0.4 is 0 Å². The van der Waals surface area contributed by atoms with Gasteiger partial charge in [-0.2, -0.15) is 0 Å². The normalized spacial score (nSPS) is 10.3. The Morgan fingerprint density at radius 3 is 1.31 bits per heavy atom. The maximum atomic E-state index is 12.2. The third-order valence-corrected chi connectivity index (χ3v) is 4.08. The maximum Gasteiger partial charge on any atom is 0.242 e. The van der Waals surface area contributed by atoms with Gasteiger partial charge >= 0.3 is 0 Å². The van der Waals surface area contributed by atoms with Crippen molar-refractivity contribution in [1.82, 2.24) is 19.6 Å². The van der Waals surface area contributed by atoms with Crippen LogP contribution >= 0.6 is 0 Å². The van der Waals surface area contributed by atoms with E-state index in [0.717, 1.165) is 5.70 Å². The molecular formula is C18H32N4O4. The van der Waals surface area contributed by atoms with Crippen molar-refractivity contribution < 1.29 is 19.2 Å². The Balaban J connectivity index is 4.54. The Hall–Kier alpha value is -2.38. The van der Waals surface area contributed by atoms with E-state index in [0.29, 0.717) is 0 Å². The molecule has 0 saturated heterocycles. The van der Waals surface area contributed by atoms with Crippen molar-refractivity contribution >= 4 is 23.5 Å². The minimum Gasteiger partial charge on any atom is -0.369 e. The lowest BCUT2D eigenvalue weighted by atomic mass is 10.1. The van der Waals surface area contributed by atoms with Gasteiger partial charge in [0, 0.05) is 39.8 Å². The quantitative estimate of drug-likeness (QED) is 0.544. The standard InChI is InChI=1S/C18H32N4O4/c1-13(2)15(23)9-20(6)17(25)11-22(8)18(26)12-21(7)16(24)10-19(5)14(3)4/h13H,3,9-12H2,1-2,4-8H3. The summed E-state index contributed by atoms with van der Waals surface area (Å²) in [5, 5.41) is 0. The highest BCUT2D eigenvalue weighted by Gasteiger charge is 2.21. The number of likely N-dealkylation sites (N-methyl/N-ethyl adjacent to an activating group) is 4. The van der Waals surface area contributed by atoms with E-state index in [1.807, 2.05) is 0 Å². The van der Waals surface area contributed by atoms with Gasteiger partial charge in [-0.05, 0) is 6.92 Å². The average molecular weight is 368 g/mol. The number of carbonyl (C=O) groups excluding carboxylic acids is 4. The lowest BCUT2D eigenvalue weighted by molar-refractivity contribution is -0.143. The van der Waals surface area contributed by atoms with Crippen molar-refractivity contribution in [2.24, 2.45) is 5.92 Å². The molecule has 0 heterocycles. The Kier molecular flexibility index (Phi) is 9.61. The molecule has 0 unspecified atom stereocenters. The van der Waals surface area contributed by atoms with Crippen LogP contribution in [0.15, 0.2) is 12.3 Å². The Morgan fingerprint density at radius 1 is 0.692 bits per heavy atom. The Labute approximate surface area is 156 Å². The fraction of sp³-hybridized carbons (Fsp3) is 0.667. The first-order valence-electron chi connectivity index (χ1n) is 8.48. The van der Waals surface area contributed by atoms with Crippen LogP contribution in [0.2, 0.25) is 0 Å². The molecule has 148 valence electrons. The Bertz CT molecular complexity index is 559. The largest absolute Gasteiger partial charge is 0.369 e. The number of nitrogens with zero attached hydrogens (tertiary/aromatic N) is 4. The highest BCUT2D eigenvalue weighted by Crippen LogP contribution is 2.00. The lowest BCUT2D eigenvalue weighted by Crippen LogP contribution is -2.46. The zero-order valence-electron chi connectivity index (χ0n) is 17.0. The molecule has 3 amide bonds. The lowest BCUT2D eigenvalue weighted by Gasteiger charge is -2.26. The fourth-order valence-corrected chi connectivity index (χ4v) is 1.79. The molecule has 0 aliphatic carbocycles. The summed E-state index contributed by atoms with van der Waals surface area (Å²) in [6, 6.07) is 0. The number of carbonyl (C=O) groups is 4. The average Bonchev–Trinajstić information content (AvgIpc) is 2.53. The molecule has 0 spiro atoms. The zero-order chi connectivity index (χ0) is 20.6. The van der Waals surface area contributed by atoms with Crippen LogP contribution in [0.5, 0.6) is 0 Å². The van der Waals surface area contributed by atoms with Crippen molar-refractivity contribution in [1.29, 1.82) is 0 Å². The zero-order valence-corrected chi connectivity index (χ0v) is 17.0. The number of hydrogen-bond acceptors (Lipinski definition) is 5. The van der Waals surface area contributed by atoms with Crippen LogP contribution in [0, 0.1) is 5.92 Å². The molecule has 8 heteroatoms. The second-order valence-electron chi connectivity index (χ2n) is 6.96. The number of allylic oxidation sites excluding steroid dienone is 1. The second kappa shape index (κ2) is 10.6. The summed E-state index contributed by atoms with van der Waals surface area (Å²) < 4.78 is 0. The van der Waals surface area contributed by atoms with E-state index in [1.165, 1.54) is 35.8 Å². The number of amides is 3. The third kappa shape index (κ3) is 8.13. The molecule has 0 radical (unpaired) electrons. The summed E-state index contributed by atoms with van der Waals surface area (Å²) in [4.78, 5) is 53.7. The molecule has 0 fully saturated rings.